The minimum Gasteiger partial charge on any atom is -0.492 e. The van der Waals surface area contributed by atoms with Gasteiger partial charge in [0.25, 0.3) is 0 Å². The first-order chi connectivity index (χ1) is 10.8. The van der Waals surface area contributed by atoms with Crippen molar-refractivity contribution in [1.29, 1.82) is 0 Å². The molecule has 5 nitrogen and oxygen atoms in total. The van der Waals surface area contributed by atoms with E-state index in [-0.39, 0.29) is 17.3 Å². The fraction of sp³-hybridized carbons (Fsp3) is 0.333. The van der Waals surface area contributed by atoms with Crippen molar-refractivity contribution in [3.63, 3.8) is 0 Å². The van der Waals surface area contributed by atoms with Crippen molar-refractivity contribution in [2.45, 2.75) is 33.1 Å². The fourth-order valence-corrected chi connectivity index (χ4v) is 2.36. The molecule has 0 aliphatic rings. The molecule has 23 heavy (non-hydrogen) atoms. The summed E-state index contributed by atoms with van der Waals surface area (Å²) in [4.78, 5) is 24.0. The van der Waals surface area contributed by atoms with Crippen molar-refractivity contribution < 1.29 is 18.7 Å². The van der Waals surface area contributed by atoms with Gasteiger partial charge in [0.1, 0.15) is 0 Å². The lowest BCUT2D eigenvalue weighted by molar-refractivity contribution is -0.132. The van der Waals surface area contributed by atoms with Crippen LogP contribution in [-0.4, -0.2) is 13.1 Å². The first-order valence-corrected chi connectivity index (χ1v) is 7.25. The number of methoxy groups -OCH3 is 1. The molecule has 5 heteroatoms. The molecule has 0 radical (unpaired) electrons. The molecule has 2 aromatic rings. The van der Waals surface area contributed by atoms with E-state index < -0.39 is 17.0 Å². The third kappa shape index (κ3) is 3.44. The zero-order chi connectivity index (χ0) is 17.2. The highest BCUT2D eigenvalue weighted by Crippen LogP contribution is 2.42. The molecule has 1 heterocycles. The molecule has 0 aliphatic carbocycles. The monoisotopic (exact) mass is 316 g/mol. The van der Waals surface area contributed by atoms with E-state index >= 15 is 0 Å². The molecule has 0 bridgehead atoms. The molecule has 0 N–H and O–H groups in total. The maximum Gasteiger partial charge on any atom is 0.344 e. The Kier molecular flexibility index (Phi) is 4.59. The molecular formula is C18H20O5. The van der Waals surface area contributed by atoms with E-state index in [2.05, 4.69) is 0 Å². The summed E-state index contributed by atoms with van der Waals surface area (Å²) in [5.41, 5.74) is -0.0876. The van der Waals surface area contributed by atoms with Gasteiger partial charge in [0.05, 0.1) is 12.7 Å². The Labute approximate surface area is 134 Å². The van der Waals surface area contributed by atoms with Gasteiger partial charge in [-0.1, -0.05) is 51.1 Å². The summed E-state index contributed by atoms with van der Waals surface area (Å²) >= 11 is 0. The lowest BCUT2D eigenvalue weighted by atomic mass is 9.87. The molecule has 0 saturated carbocycles. The van der Waals surface area contributed by atoms with Crippen molar-refractivity contribution in [3.8, 4) is 22.8 Å². The van der Waals surface area contributed by atoms with Crippen molar-refractivity contribution >= 4 is 5.97 Å². The van der Waals surface area contributed by atoms with E-state index in [4.69, 9.17) is 13.9 Å². The van der Waals surface area contributed by atoms with Crippen LogP contribution in [0.1, 0.15) is 33.3 Å². The Bertz CT molecular complexity index is 766. The van der Waals surface area contributed by atoms with Gasteiger partial charge in [0.2, 0.25) is 5.75 Å². The smallest absolute Gasteiger partial charge is 0.344 e. The Morgan fingerprint density at radius 2 is 1.70 bits per heavy atom. The second-order valence-electron chi connectivity index (χ2n) is 6.17. The van der Waals surface area contributed by atoms with Gasteiger partial charge >= 0.3 is 11.6 Å². The van der Waals surface area contributed by atoms with E-state index in [9.17, 15) is 9.59 Å². The van der Waals surface area contributed by atoms with Gasteiger partial charge in [-0.3, -0.25) is 4.79 Å². The number of carbonyl (C=O) groups is 1. The van der Waals surface area contributed by atoms with Crippen molar-refractivity contribution in [2.24, 2.45) is 0 Å². The highest BCUT2D eigenvalue weighted by atomic mass is 16.6. The molecule has 0 unspecified atom stereocenters. The maximum atomic E-state index is 12.5. The third-order valence-corrected chi connectivity index (χ3v) is 3.27. The van der Waals surface area contributed by atoms with Crippen LogP contribution in [0.3, 0.4) is 0 Å². The summed E-state index contributed by atoms with van der Waals surface area (Å²) in [6, 6.07) is 8.98. The summed E-state index contributed by atoms with van der Waals surface area (Å²) in [5.74, 6) is 0.00312. The number of carbonyl (C=O) groups excluding carboxylic acids is 1. The number of esters is 1. The minimum absolute atomic E-state index is 0.121. The third-order valence-electron chi connectivity index (χ3n) is 3.27. The molecule has 0 fully saturated rings. The van der Waals surface area contributed by atoms with Crippen LogP contribution < -0.4 is 15.1 Å². The Balaban J connectivity index is 2.86. The summed E-state index contributed by atoms with van der Waals surface area (Å²) in [6.45, 7) is 6.88. The van der Waals surface area contributed by atoms with Crippen LogP contribution in [0.15, 0.2) is 39.5 Å². The second kappa shape index (κ2) is 6.28. The molecule has 0 spiro atoms. The number of hydrogen-bond donors (Lipinski definition) is 0. The first-order valence-electron chi connectivity index (χ1n) is 7.25. The Hall–Kier alpha value is -2.56. The van der Waals surface area contributed by atoms with Gasteiger partial charge in [0.15, 0.2) is 11.5 Å². The van der Waals surface area contributed by atoms with Crippen LogP contribution in [0.25, 0.3) is 11.3 Å². The maximum absolute atomic E-state index is 12.5. The number of hydrogen-bond acceptors (Lipinski definition) is 5. The minimum atomic E-state index is -0.532. The SMILES string of the molecule is COc1c(OC(C)=O)c(-c2ccccc2)oc(=O)c1C(C)(C)C. The van der Waals surface area contributed by atoms with E-state index in [1.54, 1.807) is 24.3 Å². The quantitative estimate of drug-likeness (QED) is 0.810. The molecule has 0 atom stereocenters. The summed E-state index contributed by atoms with van der Waals surface area (Å²) in [5, 5.41) is 0. The van der Waals surface area contributed by atoms with Crippen LogP contribution in [0.2, 0.25) is 0 Å². The molecule has 1 aromatic heterocycles. The topological polar surface area (TPSA) is 65.7 Å². The predicted molar refractivity (Wildman–Crippen MR) is 87.0 cm³/mol. The Morgan fingerprint density at radius 1 is 1.09 bits per heavy atom. The van der Waals surface area contributed by atoms with E-state index in [0.717, 1.165) is 0 Å². The highest BCUT2D eigenvalue weighted by Gasteiger charge is 2.31. The predicted octanol–water partition coefficient (Wildman–Crippen LogP) is 3.54. The van der Waals surface area contributed by atoms with Crippen LogP contribution in [-0.2, 0) is 10.2 Å². The summed E-state index contributed by atoms with van der Waals surface area (Å²) in [6.07, 6.45) is 0. The molecule has 0 aliphatic heterocycles. The fourth-order valence-electron chi connectivity index (χ4n) is 2.36. The van der Waals surface area contributed by atoms with Crippen LogP contribution in [0, 0.1) is 0 Å². The molecule has 0 amide bonds. The standard InChI is InChI=1S/C18H20O5/c1-11(19)22-16-14(12-9-7-6-8-10-12)23-17(20)13(15(16)21-5)18(2,3)4/h6-10H,1-5H3. The van der Waals surface area contributed by atoms with Crippen LogP contribution in [0.4, 0.5) is 0 Å². The number of benzene rings is 1. The van der Waals surface area contributed by atoms with Crippen molar-refractivity contribution in [3.05, 3.63) is 46.3 Å². The summed E-state index contributed by atoms with van der Waals surface area (Å²) < 4.78 is 16.2. The first kappa shape index (κ1) is 16.8. The van der Waals surface area contributed by atoms with Gasteiger partial charge < -0.3 is 13.9 Å². The molecule has 2 rings (SSSR count). The lowest BCUT2D eigenvalue weighted by Gasteiger charge is -2.22. The van der Waals surface area contributed by atoms with Gasteiger partial charge in [-0.2, -0.15) is 0 Å². The van der Waals surface area contributed by atoms with Gasteiger partial charge in [-0.05, 0) is 5.41 Å². The van der Waals surface area contributed by atoms with Gasteiger partial charge in [-0.15, -0.1) is 0 Å². The Morgan fingerprint density at radius 3 is 2.17 bits per heavy atom. The highest BCUT2D eigenvalue weighted by molar-refractivity contribution is 5.77. The molecular weight excluding hydrogens is 296 g/mol. The molecule has 122 valence electrons. The van der Waals surface area contributed by atoms with Crippen molar-refractivity contribution in [2.75, 3.05) is 7.11 Å². The lowest BCUT2D eigenvalue weighted by Crippen LogP contribution is -2.24. The van der Waals surface area contributed by atoms with Crippen molar-refractivity contribution in [1.82, 2.24) is 0 Å². The zero-order valence-electron chi connectivity index (χ0n) is 13.9. The van der Waals surface area contributed by atoms with Crippen LogP contribution in [0.5, 0.6) is 11.5 Å². The molecule has 0 saturated heterocycles. The largest absolute Gasteiger partial charge is 0.492 e. The van der Waals surface area contributed by atoms with Crippen LogP contribution >= 0.6 is 0 Å². The average molecular weight is 316 g/mol. The molecule has 1 aromatic carbocycles. The second-order valence-corrected chi connectivity index (χ2v) is 6.17. The number of rotatable bonds is 3. The number of ether oxygens (including phenoxy) is 2. The average Bonchev–Trinajstić information content (AvgIpc) is 2.47. The zero-order valence-corrected chi connectivity index (χ0v) is 13.9. The van der Waals surface area contributed by atoms with E-state index in [1.165, 1.54) is 14.0 Å². The van der Waals surface area contributed by atoms with Gasteiger partial charge in [-0.25, -0.2) is 4.79 Å². The van der Waals surface area contributed by atoms with E-state index in [0.29, 0.717) is 11.1 Å². The van der Waals surface area contributed by atoms with Gasteiger partial charge in [0, 0.05) is 12.5 Å². The van der Waals surface area contributed by atoms with E-state index in [1.807, 2.05) is 26.8 Å². The normalized spacial score (nSPS) is 11.2. The summed E-state index contributed by atoms with van der Waals surface area (Å²) in [7, 11) is 1.44.